The van der Waals surface area contributed by atoms with E-state index in [9.17, 15) is 19.2 Å². The largest absolute Gasteiger partial charge is 0.481 e. The summed E-state index contributed by atoms with van der Waals surface area (Å²) in [5.74, 6) is -3.86. The predicted molar refractivity (Wildman–Crippen MR) is 70.4 cm³/mol. The van der Waals surface area contributed by atoms with Crippen LogP contribution in [-0.4, -0.2) is 58.6 Å². The molecule has 1 aliphatic heterocycles. The normalized spacial score (nSPS) is 20.3. The standard InChI is InChI=1S/C12H19N3O6/c1-6(14-11(19)7-3-2-4-13-7)10(18)15-8(12(20)21)5-9(16)17/h6-8,13H,2-5H2,1H3,(H,14,19)(H,15,18)(H,16,17)(H,20,21). The topological polar surface area (TPSA) is 145 Å². The van der Waals surface area contributed by atoms with Crippen molar-refractivity contribution in [2.75, 3.05) is 6.54 Å². The van der Waals surface area contributed by atoms with Gasteiger partial charge in [-0.15, -0.1) is 0 Å². The van der Waals surface area contributed by atoms with E-state index in [0.29, 0.717) is 6.42 Å². The molecule has 118 valence electrons. The van der Waals surface area contributed by atoms with Gasteiger partial charge >= 0.3 is 11.9 Å². The molecule has 0 saturated carbocycles. The zero-order valence-corrected chi connectivity index (χ0v) is 11.6. The number of hydrogen-bond acceptors (Lipinski definition) is 5. The van der Waals surface area contributed by atoms with Crippen molar-refractivity contribution >= 4 is 23.8 Å². The Hall–Kier alpha value is -2.16. The van der Waals surface area contributed by atoms with Crippen LogP contribution in [0.3, 0.4) is 0 Å². The number of carboxylic acid groups (broad SMARTS) is 2. The Kier molecular flexibility index (Phi) is 6.10. The first-order valence-electron chi connectivity index (χ1n) is 6.60. The molecule has 0 spiro atoms. The Morgan fingerprint density at radius 2 is 1.90 bits per heavy atom. The SMILES string of the molecule is CC(NC(=O)C1CCCN1)C(=O)NC(CC(=O)O)C(=O)O. The van der Waals surface area contributed by atoms with Crippen LogP contribution >= 0.6 is 0 Å². The number of amides is 2. The van der Waals surface area contributed by atoms with Crippen molar-refractivity contribution in [3.63, 3.8) is 0 Å². The second kappa shape index (κ2) is 7.58. The summed E-state index contributed by atoms with van der Waals surface area (Å²) in [7, 11) is 0. The number of rotatable bonds is 7. The highest BCUT2D eigenvalue weighted by molar-refractivity contribution is 5.92. The van der Waals surface area contributed by atoms with Crippen molar-refractivity contribution in [2.24, 2.45) is 0 Å². The maximum atomic E-state index is 11.8. The Balaban J connectivity index is 2.50. The molecule has 9 nitrogen and oxygen atoms in total. The maximum Gasteiger partial charge on any atom is 0.326 e. The Morgan fingerprint density at radius 3 is 2.38 bits per heavy atom. The Morgan fingerprint density at radius 1 is 1.24 bits per heavy atom. The summed E-state index contributed by atoms with van der Waals surface area (Å²) in [6.45, 7) is 2.14. The van der Waals surface area contributed by atoms with Crippen molar-refractivity contribution in [1.82, 2.24) is 16.0 Å². The number of aliphatic carboxylic acids is 2. The molecule has 3 atom stereocenters. The van der Waals surface area contributed by atoms with Gasteiger partial charge in [-0.25, -0.2) is 4.79 Å². The Bertz CT molecular complexity index is 433. The van der Waals surface area contributed by atoms with Crippen molar-refractivity contribution in [1.29, 1.82) is 0 Å². The zero-order valence-electron chi connectivity index (χ0n) is 11.6. The van der Waals surface area contributed by atoms with Gasteiger partial charge in [0.1, 0.15) is 12.1 Å². The molecule has 0 radical (unpaired) electrons. The van der Waals surface area contributed by atoms with E-state index in [1.807, 2.05) is 0 Å². The summed E-state index contributed by atoms with van der Waals surface area (Å²) >= 11 is 0. The van der Waals surface area contributed by atoms with Gasteiger partial charge in [-0.2, -0.15) is 0 Å². The summed E-state index contributed by atoms with van der Waals surface area (Å²) in [6.07, 6.45) is 0.821. The van der Waals surface area contributed by atoms with Crippen LogP contribution in [0.4, 0.5) is 0 Å². The van der Waals surface area contributed by atoms with Crippen molar-refractivity contribution in [2.45, 2.75) is 44.3 Å². The van der Waals surface area contributed by atoms with Gasteiger partial charge in [0.05, 0.1) is 12.5 Å². The highest BCUT2D eigenvalue weighted by atomic mass is 16.4. The fourth-order valence-electron chi connectivity index (χ4n) is 1.96. The second-order valence-electron chi connectivity index (χ2n) is 4.88. The molecule has 0 aromatic carbocycles. The van der Waals surface area contributed by atoms with Gasteiger partial charge in [0, 0.05) is 0 Å². The third kappa shape index (κ3) is 5.38. The molecular formula is C12H19N3O6. The van der Waals surface area contributed by atoms with Crippen LogP contribution in [0.25, 0.3) is 0 Å². The van der Waals surface area contributed by atoms with E-state index in [2.05, 4.69) is 16.0 Å². The van der Waals surface area contributed by atoms with Crippen LogP contribution < -0.4 is 16.0 Å². The average Bonchev–Trinajstić information content (AvgIpc) is 2.90. The summed E-state index contributed by atoms with van der Waals surface area (Å²) in [5, 5.41) is 24.9. The molecule has 1 rings (SSSR count). The van der Waals surface area contributed by atoms with Gasteiger partial charge in [-0.1, -0.05) is 0 Å². The van der Waals surface area contributed by atoms with Crippen molar-refractivity contribution in [3.8, 4) is 0 Å². The molecule has 21 heavy (non-hydrogen) atoms. The summed E-state index contributed by atoms with van der Waals surface area (Å²) in [6, 6.07) is -2.83. The quantitative estimate of drug-likeness (QED) is 0.376. The number of carbonyl (C=O) groups is 4. The third-order valence-electron chi connectivity index (χ3n) is 3.12. The molecule has 3 unspecified atom stereocenters. The summed E-state index contributed by atoms with van der Waals surface area (Å²) in [4.78, 5) is 45.0. The van der Waals surface area contributed by atoms with Crippen LogP contribution in [-0.2, 0) is 19.2 Å². The van der Waals surface area contributed by atoms with Crippen LogP contribution in [0.5, 0.6) is 0 Å². The summed E-state index contributed by atoms with van der Waals surface area (Å²) in [5.41, 5.74) is 0. The third-order valence-corrected chi connectivity index (χ3v) is 3.12. The summed E-state index contributed by atoms with van der Waals surface area (Å²) < 4.78 is 0. The van der Waals surface area contributed by atoms with Crippen LogP contribution in [0.15, 0.2) is 0 Å². The molecule has 0 aromatic heterocycles. The molecule has 9 heteroatoms. The van der Waals surface area contributed by atoms with E-state index >= 15 is 0 Å². The molecule has 0 bridgehead atoms. The molecule has 0 aromatic rings. The van der Waals surface area contributed by atoms with E-state index in [0.717, 1.165) is 13.0 Å². The molecule has 1 fully saturated rings. The smallest absolute Gasteiger partial charge is 0.326 e. The molecule has 0 aliphatic carbocycles. The molecule has 1 heterocycles. The van der Waals surface area contributed by atoms with Gasteiger partial charge < -0.3 is 26.2 Å². The van der Waals surface area contributed by atoms with Crippen LogP contribution in [0.1, 0.15) is 26.2 Å². The van der Waals surface area contributed by atoms with Gasteiger partial charge in [-0.3, -0.25) is 14.4 Å². The van der Waals surface area contributed by atoms with Gasteiger partial charge in [0.2, 0.25) is 11.8 Å². The molecule has 1 aliphatic rings. The average molecular weight is 301 g/mol. The minimum atomic E-state index is -1.53. The first kappa shape index (κ1) is 16.9. The first-order valence-corrected chi connectivity index (χ1v) is 6.60. The number of nitrogens with one attached hydrogen (secondary N) is 3. The minimum absolute atomic E-state index is 0.333. The van der Waals surface area contributed by atoms with E-state index < -0.39 is 36.4 Å². The highest BCUT2D eigenvalue weighted by Gasteiger charge is 2.28. The highest BCUT2D eigenvalue weighted by Crippen LogP contribution is 2.05. The lowest BCUT2D eigenvalue weighted by Gasteiger charge is -2.19. The fraction of sp³-hybridized carbons (Fsp3) is 0.667. The van der Waals surface area contributed by atoms with Gasteiger partial charge in [0.25, 0.3) is 0 Å². The van der Waals surface area contributed by atoms with Gasteiger partial charge in [-0.05, 0) is 26.3 Å². The van der Waals surface area contributed by atoms with Crippen molar-refractivity contribution in [3.05, 3.63) is 0 Å². The van der Waals surface area contributed by atoms with Crippen LogP contribution in [0.2, 0.25) is 0 Å². The lowest BCUT2D eigenvalue weighted by Crippen LogP contribution is -2.53. The Labute approximate surface area is 121 Å². The van der Waals surface area contributed by atoms with Gasteiger partial charge in [0.15, 0.2) is 0 Å². The second-order valence-corrected chi connectivity index (χ2v) is 4.88. The van der Waals surface area contributed by atoms with E-state index in [-0.39, 0.29) is 11.9 Å². The fourth-order valence-corrected chi connectivity index (χ4v) is 1.96. The minimum Gasteiger partial charge on any atom is -0.481 e. The van der Waals surface area contributed by atoms with E-state index in [1.54, 1.807) is 0 Å². The maximum absolute atomic E-state index is 11.8. The predicted octanol–water partition coefficient (Wildman–Crippen LogP) is -1.71. The number of hydrogen-bond donors (Lipinski definition) is 5. The molecular weight excluding hydrogens is 282 g/mol. The lowest BCUT2D eigenvalue weighted by molar-refractivity contribution is -0.147. The first-order chi connectivity index (χ1) is 9.81. The van der Waals surface area contributed by atoms with E-state index in [1.165, 1.54) is 6.92 Å². The lowest BCUT2D eigenvalue weighted by atomic mass is 10.1. The van der Waals surface area contributed by atoms with Crippen LogP contribution in [0, 0.1) is 0 Å². The number of carbonyl (C=O) groups excluding carboxylic acids is 2. The van der Waals surface area contributed by atoms with E-state index in [4.69, 9.17) is 10.2 Å². The monoisotopic (exact) mass is 301 g/mol. The molecule has 2 amide bonds. The van der Waals surface area contributed by atoms with Crippen molar-refractivity contribution < 1.29 is 29.4 Å². The molecule has 1 saturated heterocycles. The number of carboxylic acids is 2. The molecule has 5 N–H and O–H groups in total. The zero-order chi connectivity index (χ0) is 16.0.